The Kier molecular flexibility index (Phi) is 4.43. The number of hydrogen-bond donors (Lipinski definition) is 1. The minimum Gasteiger partial charge on any atom is -0.369 e. The van der Waals surface area contributed by atoms with Crippen LogP contribution in [0.1, 0.15) is 12.5 Å². The number of anilines is 1. The Morgan fingerprint density at radius 2 is 2.05 bits per heavy atom. The van der Waals surface area contributed by atoms with Crippen LogP contribution in [0.3, 0.4) is 0 Å². The Bertz CT molecular complexity index is 696. The van der Waals surface area contributed by atoms with Crippen molar-refractivity contribution in [1.82, 2.24) is 4.98 Å². The van der Waals surface area contributed by atoms with Crippen LogP contribution in [0.4, 0.5) is 10.2 Å². The van der Waals surface area contributed by atoms with E-state index in [0.717, 1.165) is 0 Å². The Hall–Kier alpha value is -1.83. The number of pyridine rings is 1. The van der Waals surface area contributed by atoms with E-state index in [1.54, 1.807) is 12.1 Å². The first-order chi connectivity index (χ1) is 9.56. The highest BCUT2D eigenvalue weighted by Crippen LogP contribution is 2.32. The summed E-state index contributed by atoms with van der Waals surface area (Å²) >= 11 is 11.7. The van der Waals surface area contributed by atoms with E-state index in [1.807, 2.05) is 13.0 Å². The Morgan fingerprint density at radius 1 is 1.30 bits per heavy atom. The maximum absolute atomic E-state index is 13.6. The lowest BCUT2D eigenvalue weighted by molar-refractivity contribution is 0.628. The topological polar surface area (TPSA) is 48.7 Å². The summed E-state index contributed by atoms with van der Waals surface area (Å²) in [5.41, 5.74) is 1.32. The molecule has 0 atom stereocenters. The number of benzene rings is 1. The van der Waals surface area contributed by atoms with Gasteiger partial charge in [-0.25, -0.2) is 9.37 Å². The van der Waals surface area contributed by atoms with Gasteiger partial charge in [-0.15, -0.1) is 0 Å². The summed E-state index contributed by atoms with van der Waals surface area (Å²) in [4.78, 5) is 4.31. The molecule has 102 valence electrons. The van der Waals surface area contributed by atoms with Crippen LogP contribution in [0.5, 0.6) is 0 Å². The van der Waals surface area contributed by atoms with E-state index in [1.165, 1.54) is 12.1 Å². The van der Waals surface area contributed by atoms with Crippen molar-refractivity contribution in [2.75, 3.05) is 11.9 Å². The largest absolute Gasteiger partial charge is 0.369 e. The van der Waals surface area contributed by atoms with E-state index in [4.69, 9.17) is 28.5 Å². The minimum absolute atomic E-state index is 0.0423. The molecule has 1 aromatic carbocycles. The second-order valence-electron chi connectivity index (χ2n) is 3.98. The molecule has 0 spiro atoms. The fourth-order valence-electron chi connectivity index (χ4n) is 1.72. The third-order valence-electron chi connectivity index (χ3n) is 2.65. The average molecular weight is 310 g/mol. The molecule has 0 bridgehead atoms. The quantitative estimate of drug-likeness (QED) is 0.849. The average Bonchev–Trinajstić information content (AvgIpc) is 2.43. The SMILES string of the molecule is CCNc1nc(-c2cc(F)c(Cl)cc2Cl)ccc1C#N. The van der Waals surface area contributed by atoms with Crippen molar-refractivity contribution < 1.29 is 4.39 Å². The highest BCUT2D eigenvalue weighted by molar-refractivity contribution is 6.36. The van der Waals surface area contributed by atoms with Gasteiger partial charge in [0.15, 0.2) is 0 Å². The van der Waals surface area contributed by atoms with E-state index in [2.05, 4.69) is 10.3 Å². The number of rotatable bonds is 3. The van der Waals surface area contributed by atoms with Gasteiger partial charge in [-0.1, -0.05) is 23.2 Å². The molecule has 2 aromatic rings. The van der Waals surface area contributed by atoms with Gasteiger partial charge in [-0.2, -0.15) is 5.26 Å². The number of halogens is 3. The van der Waals surface area contributed by atoms with Crippen molar-refractivity contribution in [1.29, 1.82) is 5.26 Å². The molecular weight excluding hydrogens is 300 g/mol. The summed E-state index contributed by atoms with van der Waals surface area (Å²) < 4.78 is 13.6. The fourth-order valence-corrected chi connectivity index (χ4v) is 2.20. The molecule has 1 heterocycles. The van der Waals surface area contributed by atoms with Gasteiger partial charge in [0.2, 0.25) is 0 Å². The first-order valence-electron chi connectivity index (χ1n) is 5.86. The summed E-state index contributed by atoms with van der Waals surface area (Å²) in [6.45, 7) is 2.51. The number of aromatic nitrogens is 1. The molecule has 0 radical (unpaired) electrons. The molecule has 0 saturated carbocycles. The fraction of sp³-hybridized carbons (Fsp3) is 0.143. The van der Waals surface area contributed by atoms with Crippen LogP contribution in [0, 0.1) is 17.1 Å². The molecule has 0 fully saturated rings. The number of hydrogen-bond acceptors (Lipinski definition) is 3. The van der Waals surface area contributed by atoms with Gasteiger partial charge >= 0.3 is 0 Å². The summed E-state index contributed by atoms with van der Waals surface area (Å²) in [5, 5.41) is 12.3. The van der Waals surface area contributed by atoms with Gasteiger partial charge in [-0.05, 0) is 31.2 Å². The third kappa shape index (κ3) is 2.84. The molecule has 3 nitrogen and oxygen atoms in total. The third-order valence-corrected chi connectivity index (χ3v) is 3.25. The van der Waals surface area contributed by atoms with Gasteiger partial charge in [0.1, 0.15) is 17.7 Å². The van der Waals surface area contributed by atoms with Crippen LogP contribution in [-0.2, 0) is 0 Å². The summed E-state index contributed by atoms with van der Waals surface area (Å²) in [6.07, 6.45) is 0. The highest BCUT2D eigenvalue weighted by atomic mass is 35.5. The smallest absolute Gasteiger partial charge is 0.144 e. The molecule has 1 aromatic heterocycles. The zero-order valence-corrected chi connectivity index (χ0v) is 12.1. The predicted octanol–water partition coefficient (Wildman–Crippen LogP) is 4.50. The monoisotopic (exact) mass is 309 g/mol. The van der Waals surface area contributed by atoms with Gasteiger partial charge in [0.05, 0.1) is 21.3 Å². The summed E-state index contributed by atoms with van der Waals surface area (Å²) in [7, 11) is 0. The van der Waals surface area contributed by atoms with Crippen molar-refractivity contribution in [3.05, 3.63) is 45.7 Å². The molecule has 0 amide bonds. The second-order valence-corrected chi connectivity index (χ2v) is 4.80. The van der Waals surface area contributed by atoms with Gasteiger partial charge in [0, 0.05) is 12.1 Å². The van der Waals surface area contributed by atoms with Crippen molar-refractivity contribution in [2.24, 2.45) is 0 Å². The number of nitrogens with zero attached hydrogens (tertiary/aromatic N) is 2. The Balaban J connectivity index is 2.56. The van der Waals surface area contributed by atoms with E-state index in [-0.39, 0.29) is 5.02 Å². The Morgan fingerprint density at radius 3 is 2.70 bits per heavy atom. The number of nitrogens with one attached hydrogen (secondary N) is 1. The molecule has 0 aliphatic rings. The van der Waals surface area contributed by atoms with E-state index < -0.39 is 5.82 Å². The molecular formula is C14H10Cl2FN3. The second kappa shape index (κ2) is 6.08. The molecule has 0 aliphatic heterocycles. The van der Waals surface area contributed by atoms with Crippen LogP contribution in [0.15, 0.2) is 24.3 Å². The first-order valence-corrected chi connectivity index (χ1v) is 6.62. The molecule has 20 heavy (non-hydrogen) atoms. The van der Waals surface area contributed by atoms with Crippen molar-refractivity contribution in [3.63, 3.8) is 0 Å². The maximum atomic E-state index is 13.6. The lowest BCUT2D eigenvalue weighted by Crippen LogP contribution is -2.02. The lowest BCUT2D eigenvalue weighted by Gasteiger charge is -2.09. The van der Waals surface area contributed by atoms with Crippen LogP contribution in [0.25, 0.3) is 11.3 Å². The zero-order valence-electron chi connectivity index (χ0n) is 10.5. The molecule has 0 aliphatic carbocycles. The lowest BCUT2D eigenvalue weighted by atomic mass is 10.1. The van der Waals surface area contributed by atoms with Crippen molar-refractivity contribution >= 4 is 29.0 Å². The summed E-state index contributed by atoms with van der Waals surface area (Å²) in [6, 6.07) is 7.84. The zero-order chi connectivity index (χ0) is 14.7. The van der Waals surface area contributed by atoms with Gasteiger partial charge < -0.3 is 5.32 Å². The first kappa shape index (κ1) is 14.6. The highest BCUT2D eigenvalue weighted by Gasteiger charge is 2.12. The Labute approximate surface area is 126 Å². The molecule has 0 unspecified atom stereocenters. The van der Waals surface area contributed by atoms with E-state index in [0.29, 0.717) is 34.2 Å². The number of nitriles is 1. The normalized spacial score (nSPS) is 10.2. The molecule has 2 rings (SSSR count). The van der Waals surface area contributed by atoms with Gasteiger partial charge in [0.25, 0.3) is 0 Å². The van der Waals surface area contributed by atoms with Crippen LogP contribution < -0.4 is 5.32 Å². The minimum atomic E-state index is -0.567. The van der Waals surface area contributed by atoms with Crippen LogP contribution in [-0.4, -0.2) is 11.5 Å². The summed E-state index contributed by atoms with van der Waals surface area (Å²) in [5.74, 6) is -0.124. The standard InChI is InChI=1S/C14H10Cl2FN3/c1-2-19-14-8(7-18)3-4-13(20-14)9-5-12(17)11(16)6-10(9)15/h3-6H,2H2,1H3,(H,19,20). The molecule has 1 N–H and O–H groups in total. The van der Waals surface area contributed by atoms with Gasteiger partial charge in [-0.3, -0.25) is 0 Å². The van der Waals surface area contributed by atoms with Crippen LogP contribution in [0.2, 0.25) is 10.0 Å². The van der Waals surface area contributed by atoms with Crippen molar-refractivity contribution in [3.8, 4) is 17.3 Å². The van der Waals surface area contributed by atoms with Crippen LogP contribution >= 0.6 is 23.2 Å². The molecule has 6 heteroatoms. The molecule has 0 saturated heterocycles. The maximum Gasteiger partial charge on any atom is 0.144 e. The predicted molar refractivity (Wildman–Crippen MR) is 78.5 cm³/mol. The van der Waals surface area contributed by atoms with Crippen molar-refractivity contribution in [2.45, 2.75) is 6.92 Å². The van der Waals surface area contributed by atoms with E-state index >= 15 is 0 Å². The van der Waals surface area contributed by atoms with E-state index in [9.17, 15) is 4.39 Å².